The van der Waals surface area contributed by atoms with Crippen LogP contribution in [-0.4, -0.2) is 44.1 Å². The number of nitrogens with zero attached hydrogens (tertiary/aromatic N) is 3. The Bertz CT molecular complexity index is 853. The minimum absolute atomic E-state index is 0.0690. The van der Waals surface area contributed by atoms with Crippen LogP contribution in [0.4, 0.5) is 4.39 Å². The number of aliphatic hydroxyl groups excluding tert-OH is 1. The standard InChI is InChI=1S/C18H18FN3O3/c1-11(2)21-10-14(17(24)18(21)25)16(23)15-7-8-20-22(15)9-12-3-5-13(19)6-4-12/h3-8,11,24H,9-10H2,1-2H3. The Morgan fingerprint density at radius 2 is 1.96 bits per heavy atom. The van der Waals surface area contributed by atoms with Gasteiger partial charge in [0.25, 0.3) is 5.91 Å². The molecule has 7 heteroatoms. The van der Waals surface area contributed by atoms with Crippen molar-refractivity contribution in [1.82, 2.24) is 14.7 Å². The van der Waals surface area contributed by atoms with Gasteiger partial charge in [0, 0.05) is 12.2 Å². The summed E-state index contributed by atoms with van der Waals surface area (Å²) >= 11 is 0. The lowest BCUT2D eigenvalue weighted by atomic mass is 10.1. The molecule has 1 aromatic carbocycles. The van der Waals surface area contributed by atoms with Crippen LogP contribution < -0.4 is 0 Å². The van der Waals surface area contributed by atoms with Crippen molar-refractivity contribution in [2.24, 2.45) is 0 Å². The molecule has 0 saturated heterocycles. The molecule has 1 aliphatic heterocycles. The van der Waals surface area contributed by atoms with E-state index in [1.54, 1.807) is 12.1 Å². The molecule has 0 radical (unpaired) electrons. The first-order valence-corrected chi connectivity index (χ1v) is 7.92. The lowest BCUT2D eigenvalue weighted by Gasteiger charge is -2.20. The molecule has 0 atom stereocenters. The molecule has 3 rings (SSSR count). The van der Waals surface area contributed by atoms with Crippen LogP contribution >= 0.6 is 0 Å². The Morgan fingerprint density at radius 1 is 1.28 bits per heavy atom. The van der Waals surface area contributed by atoms with E-state index < -0.39 is 17.4 Å². The summed E-state index contributed by atoms with van der Waals surface area (Å²) in [6.45, 7) is 3.99. The summed E-state index contributed by atoms with van der Waals surface area (Å²) in [4.78, 5) is 26.3. The summed E-state index contributed by atoms with van der Waals surface area (Å²) in [7, 11) is 0. The summed E-state index contributed by atoms with van der Waals surface area (Å²) in [5.74, 6) is -1.82. The molecule has 1 amide bonds. The first kappa shape index (κ1) is 16.9. The first-order chi connectivity index (χ1) is 11.9. The fraction of sp³-hybridized carbons (Fsp3) is 0.278. The van der Waals surface area contributed by atoms with Crippen LogP contribution in [0.3, 0.4) is 0 Å². The highest BCUT2D eigenvalue weighted by molar-refractivity contribution is 6.14. The SMILES string of the molecule is CC(C)N1CC(C(=O)c2ccnn2Cc2ccc(F)cc2)=C(O)C1=O. The van der Waals surface area contributed by atoms with Gasteiger partial charge in [0.1, 0.15) is 11.5 Å². The Morgan fingerprint density at radius 3 is 2.56 bits per heavy atom. The van der Waals surface area contributed by atoms with E-state index in [0.717, 1.165) is 5.56 Å². The highest BCUT2D eigenvalue weighted by atomic mass is 19.1. The maximum absolute atomic E-state index is 13.0. The zero-order chi connectivity index (χ0) is 18.1. The molecule has 1 N–H and O–H groups in total. The Balaban J connectivity index is 1.86. The van der Waals surface area contributed by atoms with Crippen molar-refractivity contribution in [1.29, 1.82) is 0 Å². The van der Waals surface area contributed by atoms with Crippen molar-refractivity contribution in [2.75, 3.05) is 6.54 Å². The van der Waals surface area contributed by atoms with Crippen molar-refractivity contribution >= 4 is 11.7 Å². The second kappa shape index (κ2) is 6.51. The molecule has 130 valence electrons. The van der Waals surface area contributed by atoms with Crippen LogP contribution in [0.2, 0.25) is 0 Å². The van der Waals surface area contributed by atoms with Gasteiger partial charge in [-0.05, 0) is 37.6 Å². The van der Waals surface area contributed by atoms with Gasteiger partial charge in [0.05, 0.1) is 18.7 Å². The van der Waals surface area contributed by atoms with E-state index >= 15 is 0 Å². The van der Waals surface area contributed by atoms with E-state index in [9.17, 15) is 19.1 Å². The fourth-order valence-electron chi connectivity index (χ4n) is 2.75. The van der Waals surface area contributed by atoms with Crippen molar-refractivity contribution in [3.05, 3.63) is 64.9 Å². The Kier molecular flexibility index (Phi) is 4.39. The van der Waals surface area contributed by atoms with Gasteiger partial charge >= 0.3 is 0 Å². The number of benzene rings is 1. The maximum atomic E-state index is 13.0. The van der Waals surface area contributed by atoms with Gasteiger partial charge in [-0.3, -0.25) is 14.3 Å². The minimum atomic E-state index is -0.539. The average Bonchev–Trinajstić information content (AvgIpc) is 3.15. The maximum Gasteiger partial charge on any atom is 0.289 e. The average molecular weight is 343 g/mol. The summed E-state index contributed by atoms with van der Waals surface area (Å²) < 4.78 is 14.5. The van der Waals surface area contributed by atoms with E-state index in [4.69, 9.17) is 0 Å². The van der Waals surface area contributed by atoms with Crippen molar-refractivity contribution < 1.29 is 19.1 Å². The molecule has 2 heterocycles. The number of carbonyl (C=O) groups is 2. The molecule has 2 aromatic rings. The van der Waals surface area contributed by atoms with Crippen molar-refractivity contribution in [2.45, 2.75) is 26.4 Å². The summed E-state index contributed by atoms with van der Waals surface area (Å²) in [6, 6.07) is 7.32. The number of hydrogen-bond acceptors (Lipinski definition) is 4. The number of rotatable bonds is 5. The predicted octanol–water partition coefficient (Wildman–Crippen LogP) is 2.32. The van der Waals surface area contributed by atoms with E-state index in [2.05, 4.69) is 5.10 Å². The molecule has 0 saturated carbocycles. The third-order valence-electron chi connectivity index (χ3n) is 4.17. The van der Waals surface area contributed by atoms with Crippen molar-refractivity contribution in [3.8, 4) is 0 Å². The van der Waals surface area contributed by atoms with Crippen LogP contribution in [0.15, 0.2) is 47.9 Å². The second-order valence-corrected chi connectivity index (χ2v) is 6.18. The second-order valence-electron chi connectivity index (χ2n) is 6.18. The summed E-state index contributed by atoms with van der Waals surface area (Å²) in [6.07, 6.45) is 1.48. The third kappa shape index (κ3) is 3.17. The van der Waals surface area contributed by atoms with Gasteiger partial charge in [-0.2, -0.15) is 5.10 Å². The summed E-state index contributed by atoms with van der Waals surface area (Å²) in [5.41, 5.74) is 1.12. The quantitative estimate of drug-likeness (QED) is 0.846. The van der Waals surface area contributed by atoms with Gasteiger partial charge in [-0.25, -0.2) is 4.39 Å². The molecule has 25 heavy (non-hydrogen) atoms. The molecular weight excluding hydrogens is 325 g/mol. The van der Waals surface area contributed by atoms with E-state index in [-0.39, 0.29) is 36.2 Å². The number of Topliss-reactive ketones (excluding diaryl/α,β-unsaturated/α-hetero) is 1. The lowest BCUT2D eigenvalue weighted by Crippen LogP contribution is -2.34. The highest BCUT2D eigenvalue weighted by Gasteiger charge is 2.36. The van der Waals surface area contributed by atoms with Gasteiger partial charge in [-0.15, -0.1) is 0 Å². The zero-order valence-corrected chi connectivity index (χ0v) is 13.9. The number of aliphatic hydroxyl groups is 1. The molecule has 0 aliphatic carbocycles. The Hall–Kier alpha value is -2.96. The highest BCUT2D eigenvalue weighted by Crippen LogP contribution is 2.23. The van der Waals surface area contributed by atoms with Gasteiger partial charge in [0.15, 0.2) is 5.76 Å². The molecule has 0 fully saturated rings. The number of carbonyl (C=O) groups excluding carboxylic acids is 2. The van der Waals surface area contributed by atoms with E-state index in [0.29, 0.717) is 0 Å². The van der Waals surface area contributed by atoms with Crippen LogP contribution in [-0.2, 0) is 11.3 Å². The molecular formula is C18H18FN3O3. The smallest absolute Gasteiger partial charge is 0.289 e. The molecule has 6 nitrogen and oxygen atoms in total. The predicted molar refractivity (Wildman–Crippen MR) is 88.6 cm³/mol. The van der Waals surface area contributed by atoms with Crippen LogP contribution in [0.25, 0.3) is 0 Å². The van der Waals surface area contributed by atoms with E-state index in [1.807, 2.05) is 13.8 Å². The summed E-state index contributed by atoms with van der Waals surface area (Å²) in [5, 5.41) is 14.2. The van der Waals surface area contributed by atoms with Crippen LogP contribution in [0.1, 0.15) is 29.9 Å². The third-order valence-corrected chi connectivity index (χ3v) is 4.17. The first-order valence-electron chi connectivity index (χ1n) is 7.92. The topological polar surface area (TPSA) is 75.4 Å². The molecule has 0 spiro atoms. The normalized spacial score (nSPS) is 14.7. The van der Waals surface area contributed by atoms with E-state index in [1.165, 1.54) is 34.0 Å². The van der Waals surface area contributed by atoms with Crippen LogP contribution in [0, 0.1) is 5.82 Å². The molecule has 1 aliphatic rings. The molecule has 0 unspecified atom stereocenters. The Labute approximate surface area is 144 Å². The zero-order valence-electron chi connectivity index (χ0n) is 13.9. The van der Waals surface area contributed by atoms with Crippen LogP contribution in [0.5, 0.6) is 0 Å². The minimum Gasteiger partial charge on any atom is -0.503 e. The number of amides is 1. The molecule has 0 bridgehead atoms. The van der Waals surface area contributed by atoms with Crippen molar-refractivity contribution in [3.63, 3.8) is 0 Å². The largest absolute Gasteiger partial charge is 0.503 e. The molecule has 1 aromatic heterocycles. The van der Waals surface area contributed by atoms with Gasteiger partial charge in [0.2, 0.25) is 5.78 Å². The number of hydrogen-bond donors (Lipinski definition) is 1. The monoisotopic (exact) mass is 343 g/mol. The number of aromatic nitrogens is 2. The number of ketones is 1. The lowest BCUT2D eigenvalue weighted by molar-refractivity contribution is -0.129. The fourth-order valence-corrected chi connectivity index (χ4v) is 2.75. The van der Waals surface area contributed by atoms with Gasteiger partial charge < -0.3 is 10.0 Å². The van der Waals surface area contributed by atoms with Gasteiger partial charge in [-0.1, -0.05) is 12.1 Å². The number of halogens is 1.